The fourth-order valence-electron chi connectivity index (χ4n) is 4.15. The molecule has 3 N–H and O–H groups in total. The Morgan fingerprint density at radius 2 is 1.86 bits per heavy atom. The molecule has 1 aliphatic rings. The van der Waals surface area contributed by atoms with E-state index >= 15 is 0 Å². The summed E-state index contributed by atoms with van der Waals surface area (Å²) < 4.78 is 11.1. The van der Waals surface area contributed by atoms with Crippen molar-refractivity contribution in [3.8, 4) is 17.4 Å². The van der Waals surface area contributed by atoms with Gasteiger partial charge in [0.25, 0.3) is 5.56 Å². The second kappa shape index (κ2) is 7.09. The molecule has 8 nitrogen and oxygen atoms in total. The minimum Gasteiger partial charge on any atom is -0.493 e. The van der Waals surface area contributed by atoms with E-state index in [4.69, 9.17) is 9.47 Å². The molecule has 2 aromatic rings. The Balaban J connectivity index is 2.12. The topological polar surface area (TPSA) is 113 Å². The van der Waals surface area contributed by atoms with Gasteiger partial charge < -0.3 is 14.8 Å². The molecule has 156 valence electrons. The molecular formula is C21H27N3O5. The van der Waals surface area contributed by atoms with Crippen molar-refractivity contribution in [2.75, 3.05) is 7.11 Å². The maximum Gasteiger partial charge on any atom is 0.328 e. The standard InChI is InChI=1S/C21H27N3O5/c1-20(2,3)10-21(4,5)24-17(26)13-11-8-7-9-12(28-6)15(11)29-18-14(13)16(25)22-19(27)23-18/h7-9,13H,10H2,1-6H3,(H,24,26)(H2,22,23,25,27). The van der Waals surface area contributed by atoms with Crippen molar-refractivity contribution in [2.45, 2.75) is 52.5 Å². The van der Waals surface area contributed by atoms with Crippen molar-refractivity contribution in [3.05, 3.63) is 50.2 Å². The molecule has 0 radical (unpaired) electrons. The monoisotopic (exact) mass is 401 g/mol. The number of carbonyl (C=O) groups is 1. The molecule has 2 heterocycles. The Morgan fingerprint density at radius 1 is 1.17 bits per heavy atom. The van der Waals surface area contributed by atoms with Crippen molar-refractivity contribution in [3.63, 3.8) is 0 Å². The highest BCUT2D eigenvalue weighted by Crippen LogP contribution is 2.46. The van der Waals surface area contributed by atoms with Crippen molar-refractivity contribution >= 4 is 5.91 Å². The summed E-state index contributed by atoms with van der Waals surface area (Å²) in [5.41, 5.74) is -1.33. The number of aromatic amines is 2. The second-order valence-corrected chi connectivity index (χ2v) is 9.18. The van der Waals surface area contributed by atoms with Gasteiger partial charge in [-0.05, 0) is 31.7 Å². The van der Waals surface area contributed by atoms with Gasteiger partial charge in [0.1, 0.15) is 5.92 Å². The van der Waals surface area contributed by atoms with Gasteiger partial charge in [-0.25, -0.2) is 4.79 Å². The predicted molar refractivity (Wildman–Crippen MR) is 109 cm³/mol. The SMILES string of the molecule is COc1cccc2c1Oc1[nH]c(=O)[nH]c(=O)c1C2C(=O)NC(C)(C)CC(C)(C)C. The highest BCUT2D eigenvalue weighted by molar-refractivity contribution is 5.90. The lowest BCUT2D eigenvalue weighted by atomic mass is 9.81. The first-order chi connectivity index (χ1) is 13.4. The van der Waals surface area contributed by atoms with Crippen LogP contribution in [0, 0.1) is 5.41 Å². The van der Waals surface area contributed by atoms with Crippen LogP contribution in [0.5, 0.6) is 17.4 Å². The highest BCUT2D eigenvalue weighted by atomic mass is 16.5. The number of rotatable bonds is 4. The van der Waals surface area contributed by atoms with Crippen LogP contribution in [0.4, 0.5) is 0 Å². The fraction of sp³-hybridized carbons (Fsp3) is 0.476. The van der Waals surface area contributed by atoms with Crippen molar-refractivity contribution < 1.29 is 14.3 Å². The summed E-state index contributed by atoms with van der Waals surface area (Å²) in [7, 11) is 1.48. The Bertz CT molecular complexity index is 1060. The van der Waals surface area contributed by atoms with Crippen molar-refractivity contribution in [1.82, 2.24) is 15.3 Å². The quantitative estimate of drug-likeness (QED) is 0.729. The third kappa shape index (κ3) is 4.21. The lowest BCUT2D eigenvalue weighted by Gasteiger charge is -2.35. The number of hydrogen-bond donors (Lipinski definition) is 3. The van der Waals surface area contributed by atoms with E-state index in [0.29, 0.717) is 17.1 Å². The summed E-state index contributed by atoms with van der Waals surface area (Å²) >= 11 is 0. The molecule has 1 amide bonds. The fourth-order valence-corrected chi connectivity index (χ4v) is 4.15. The van der Waals surface area contributed by atoms with E-state index in [9.17, 15) is 14.4 Å². The molecule has 0 saturated carbocycles. The van der Waals surface area contributed by atoms with E-state index in [2.05, 4.69) is 36.1 Å². The highest BCUT2D eigenvalue weighted by Gasteiger charge is 2.39. The molecule has 3 rings (SSSR count). The maximum absolute atomic E-state index is 13.4. The molecule has 0 spiro atoms. The number of amides is 1. The average Bonchev–Trinajstić information content (AvgIpc) is 2.56. The lowest BCUT2D eigenvalue weighted by molar-refractivity contribution is -0.123. The maximum atomic E-state index is 13.4. The van der Waals surface area contributed by atoms with Gasteiger partial charge in [-0.2, -0.15) is 0 Å². The number of H-pyrrole nitrogens is 2. The number of aromatic nitrogens is 2. The Kier molecular flexibility index (Phi) is 5.06. The van der Waals surface area contributed by atoms with Crippen LogP contribution in [0.1, 0.15) is 58.1 Å². The third-order valence-electron chi connectivity index (χ3n) is 4.67. The lowest BCUT2D eigenvalue weighted by Crippen LogP contribution is -2.49. The number of para-hydroxylation sites is 1. The molecule has 1 atom stereocenters. The van der Waals surface area contributed by atoms with Crippen molar-refractivity contribution in [2.24, 2.45) is 5.41 Å². The van der Waals surface area contributed by atoms with Gasteiger partial charge in [0.2, 0.25) is 11.8 Å². The molecule has 0 fully saturated rings. The third-order valence-corrected chi connectivity index (χ3v) is 4.67. The first kappa shape index (κ1) is 20.7. The first-order valence-corrected chi connectivity index (χ1v) is 9.45. The van der Waals surface area contributed by atoms with E-state index in [-0.39, 0.29) is 22.8 Å². The average molecular weight is 401 g/mol. The molecule has 0 aliphatic carbocycles. The van der Waals surface area contributed by atoms with Crippen LogP contribution in [0.25, 0.3) is 0 Å². The minimum atomic E-state index is -0.955. The van der Waals surface area contributed by atoms with E-state index in [1.54, 1.807) is 18.2 Å². The zero-order valence-electron chi connectivity index (χ0n) is 17.6. The van der Waals surface area contributed by atoms with Crippen LogP contribution in [-0.2, 0) is 4.79 Å². The molecule has 0 saturated heterocycles. The smallest absolute Gasteiger partial charge is 0.328 e. The van der Waals surface area contributed by atoms with Crippen LogP contribution in [0.15, 0.2) is 27.8 Å². The summed E-state index contributed by atoms with van der Waals surface area (Å²) in [6.45, 7) is 10.2. The Hall–Kier alpha value is -3.03. The predicted octanol–water partition coefficient (Wildman–Crippen LogP) is 2.64. The minimum absolute atomic E-state index is 0.00575. The zero-order chi connectivity index (χ0) is 21.6. The van der Waals surface area contributed by atoms with Crippen LogP contribution in [-0.4, -0.2) is 28.5 Å². The van der Waals surface area contributed by atoms with Gasteiger partial charge >= 0.3 is 5.69 Å². The van der Waals surface area contributed by atoms with Crippen LogP contribution in [0.3, 0.4) is 0 Å². The van der Waals surface area contributed by atoms with Crippen molar-refractivity contribution in [1.29, 1.82) is 0 Å². The van der Waals surface area contributed by atoms with Crippen LogP contribution >= 0.6 is 0 Å². The van der Waals surface area contributed by atoms with Gasteiger partial charge in [-0.15, -0.1) is 0 Å². The molecule has 8 heteroatoms. The zero-order valence-corrected chi connectivity index (χ0v) is 17.6. The van der Waals surface area contributed by atoms with E-state index < -0.39 is 22.7 Å². The summed E-state index contributed by atoms with van der Waals surface area (Å²) in [5.74, 6) is -0.650. The Morgan fingerprint density at radius 3 is 2.48 bits per heavy atom. The summed E-state index contributed by atoms with van der Waals surface area (Å²) in [5, 5.41) is 3.06. The molecule has 1 aliphatic heterocycles. The normalized spacial score (nSPS) is 15.7. The number of benzene rings is 1. The van der Waals surface area contributed by atoms with E-state index in [1.165, 1.54) is 7.11 Å². The number of ether oxygens (including phenoxy) is 2. The Labute approximate surface area is 168 Å². The summed E-state index contributed by atoms with van der Waals surface area (Å²) in [6, 6.07) is 5.13. The van der Waals surface area contributed by atoms with Gasteiger partial charge in [0, 0.05) is 11.1 Å². The largest absolute Gasteiger partial charge is 0.493 e. The number of methoxy groups -OCH3 is 1. The van der Waals surface area contributed by atoms with Crippen LogP contribution in [0.2, 0.25) is 0 Å². The molecule has 1 aromatic carbocycles. The van der Waals surface area contributed by atoms with Gasteiger partial charge in [-0.1, -0.05) is 32.9 Å². The second-order valence-electron chi connectivity index (χ2n) is 9.18. The molecule has 1 aromatic heterocycles. The van der Waals surface area contributed by atoms with E-state index in [0.717, 1.165) is 6.42 Å². The van der Waals surface area contributed by atoms with Gasteiger partial charge in [0.15, 0.2) is 11.5 Å². The first-order valence-electron chi connectivity index (χ1n) is 9.45. The number of fused-ring (bicyclic) bond motifs is 2. The number of carbonyl (C=O) groups excluding carboxylic acids is 1. The van der Waals surface area contributed by atoms with Crippen LogP contribution < -0.4 is 26.0 Å². The number of nitrogens with one attached hydrogen (secondary N) is 3. The molecular weight excluding hydrogens is 374 g/mol. The number of hydrogen-bond acceptors (Lipinski definition) is 5. The molecule has 0 bridgehead atoms. The van der Waals surface area contributed by atoms with E-state index in [1.807, 2.05) is 13.8 Å². The summed E-state index contributed by atoms with van der Waals surface area (Å²) in [6.07, 6.45) is 0.731. The molecule has 1 unspecified atom stereocenters. The molecule has 29 heavy (non-hydrogen) atoms. The summed E-state index contributed by atoms with van der Waals surface area (Å²) in [4.78, 5) is 42.4. The van der Waals surface area contributed by atoms with Gasteiger partial charge in [0.05, 0.1) is 12.7 Å². The van der Waals surface area contributed by atoms with Gasteiger partial charge in [-0.3, -0.25) is 19.6 Å².